The molecule has 158 valence electrons. The van der Waals surface area contributed by atoms with E-state index < -0.39 is 0 Å². The number of unbranched alkanes of at least 4 members (excludes halogenated alkanes) is 5. The van der Waals surface area contributed by atoms with Gasteiger partial charge in [0.2, 0.25) is 0 Å². The molecule has 5 heteroatoms. The fourth-order valence-corrected chi connectivity index (χ4v) is 3.48. The molecule has 0 saturated carbocycles. The molecule has 0 radical (unpaired) electrons. The molecule has 0 aliphatic carbocycles. The molecule has 0 aliphatic heterocycles. The molecule has 30 heavy (non-hydrogen) atoms. The van der Waals surface area contributed by atoms with Crippen LogP contribution in [0.2, 0.25) is 0 Å². The first-order chi connectivity index (χ1) is 14.6. The average molecular weight is 406 g/mol. The van der Waals surface area contributed by atoms with Gasteiger partial charge in [-0.15, -0.1) is 0 Å². The van der Waals surface area contributed by atoms with Gasteiger partial charge < -0.3 is 9.84 Å². The number of nitrogens with zero attached hydrogens (tertiary/aromatic N) is 3. The minimum Gasteiger partial charge on any atom is -0.507 e. The predicted molar refractivity (Wildman–Crippen MR) is 121 cm³/mol. The summed E-state index contributed by atoms with van der Waals surface area (Å²) in [4.78, 5) is 13.2. The van der Waals surface area contributed by atoms with Crippen LogP contribution in [0.1, 0.15) is 56.6 Å². The standard InChI is InChI=1S/C25H31N3O2/c1-4-5-6-7-8-9-14-30-20-11-13-22(23(29)16-20)25-27-17-26-24(28-25)21-12-10-18(2)15-19(21)3/h10-13,15-17,29H,4-9,14H2,1-3H3. The van der Waals surface area contributed by atoms with E-state index in [9.17, 15) is 5.11 Å². The highest BCUT2D eigenvalue weighted by atomic mass is 16.5. The number of phenolic OH excluding ortho intramolecular Hbond substituents is 1. The van der Waals surface area contributed by atoms with Crippen molar-refractivity contribution in [3.8, 4) is 34.3 Å². The van der Waals surface area contributed by atoms with Crippen molar-refractivity contribution in [3.05, 3.63) is 53.9 Å². The first kappa shape index (κ1) is 21.8. The van der Waals surface area contributed by atoms with E-state index in [0.717, 1.165) is 17.5 Å². The molecule has 1 N–H and O–H groups in total. The Balaban J connectivity index is 1.66. The molecule has 0 fully saturated rings. The van der Waals surface area contributed by atoms with E-state index >= 15 is 0 Å². The third kappa shape index (κ3) is 5.78. The molecule has 1 heterocycles. The van der Waals surface area contributed by atoms with E-state index in [0.29, 0.717) is 29.6 Å². The Hall–Kier alpha value is -2.95. The Morgan fingerprint density at radius 2 is 1.53 bits per heavy atom. The van der Waals surface area contributed by atoms with Crippen molar-refractivity contribution >= 4 is 0 Å². The highest BCUT2D eigenvalue weighted by molar-refractivity contribution is 5.68. The van der Waals surface area contributed by atoms with Gasteiger partial charge in [0, 0.05) is 11.6 Å². The summed E-state index contributed by atoms with van der Waals surface area (Å²) >= 11 is 0. The molecular weight excluding hydrogens is 374 g/mol. The van der Waals surface area contributed by atoms with Crippen LogP contribution in [0.5, 0.6) is 11.5 Å². The third-order valence-corrected chi connectivity index (χ3v) is 5.17. The lowest BCUT2D eigenvalue weighted by atomic mass is 10.1. The maximum atomic E-state index is 10.5. The summed E-state index contributed by atoms with van der Waals surface area (Å²) in [6, 6.07) is 11.4. The van der Waals surface area contributed by atoms with E-state index in [4.69, 9.17) is 4.74 Å². The Morgan fingerprint density at radius 1 is 0.833 bits per heavy atom. The molecule has 2 aromatic carbocycles. The highest BCUT2D eigenvalue weighted by Gasteiger charge is 2.12. The van der Waals surface area contributed by atoms with Crippen LogP contribution < -0.4 is 4.74 Å². The third-order valence-electron chi connectivity index (χ3n) is 5.17. The van der Waals surface area contributed by atoms with E-state index in [-0.39, 0.29) is 5.75 Å². The van der Waals surface area contributed by atoms with E-state index in [2.05, 4.69) is 34.9 Å². The summed E-state index contributed by atoms with van der Waals surface area (Å²) in [6.07, 6.45) is 8.80. The fourth-order valence-electron chi connectivity index (χ4n) is 3.48. The van der Waals surface area contributed by atoms with Gasteiger partial charge in [-0.25, -0.2) is 15.0 Å². The van der Waals surface area contributed by atoms with Crippen LogP contribution in [0.15, 0.2) is 42.7 Å². The Morgan fingerprint density at radius 3 is 2.27 bits per heavy atom. The zero-order valence-corrected chi connectivity index (χ0v) is 18.2. The van der Waals surface area contributed by atoms with Crippen LogP contribution in [0.25, 0.3) is 22.8 Å². The van der Waals surface area contributed by atoms with Crippen LogP contribution in [0, 0.1) is 13.8 Å². The molecule has 0 bridgehead atoms. The summed E-state index contributed by atoms with van der Waals surface area (Å²) in [5, 5.41) is 10.5. The fraction of sp³-hybridized carbons (Fsp3) is 0.400. The predicted octanol–water partition coefficient (Wildman–Crippen LogP) is 6.27. The lowest BCUT2D eigenvalue weighted by molar-refractivity contribution is 0.303. The molecule has 1 aromatic heterocycles. The van der Waals surface area contributed by atoms with E-state index in [1.807, 2.05) is 25.1 Å². The van der Waals surface area contributed by atoms with Crippen molar-refractivity contribution in [2.45, 2.75) is 59.3 Å². The Labute approximate surface area is 179 Å². The summed E-state index contributed by atoms with van der Waals surface area (Å²) in [7, 11) is 0. The van der Waals surface area contributed by atoms with E-state index in [1.54, 1.807) is 12.1 Å². The van der Waals surface area contributed by atoms with E-state index in [1.165, 1.54) is 44.0 Å². The van der Waals surface area contributed by atoms with Crippen LogP contribution in [0.3, 0.4) is 0 Å². The normalized spacial score (nSPS) is 10.9. The van der Waals surface area contributed by atoms with Crippen LogP contribution >= 0.6 is 0 Å². The van der Waals surface area contributed by atoms with Crippen LogP contribution in [-0.4, -0.2) is 26.7 Å². The smallest absolute Gasteiger partial charge is 0.167 e. The van der Waals surface area contributed by atoms with Crippen molar-refractivity contribution in [1.29, 1.82) is 0 Å². The molecule has 5 nitrogen and oxygen atoms in total. The molecule has 0 atom stereocenters. The van der Waals surface area contributed by atoms with Gasteiger partial charge in [0.1, 0.15) is 17.8 Å². The van der Waals surface area contributed by atoms with Crippen molar-refractivity contribution in [2.24, 2.45) is 0 Å². The minimum absolute atomic E-state index is 0.105. The van der Waals surface area contributed by atoms with Gasteiger partial charge >= 0.3 is 0 Å². The number of phenols is 1. The molecule has 3 aromatic rings. The van der Waals surface area contributed by atoms with Crippen molar-refractivity contribution in [2.75, 3.05) is 6.61 Å². The number of aromatic nitrogens is 3. The number of benzene rings is 2. The largest absolute Gasteiger partial charge is 0.507 e. The molecule has 0 amide bonds. The quantitative estimate of drug-likeness (QED) is 0.403. The second-order valence-corrected chi connectivity index (χ2v) is 7.75. The second kappa shape index (κ2) is 10.7. The zero-order valence-electron chi connectivity index (χ0n) is 18.2. The molecule has 3 rings (SSSR count). The van der Waals surface area contributed by atoms with Gasteiger partial charge in [0.25, 0.3) is 0 Å². The molecular formula is C25H31N3O2. The second-order valence-electron chi connectivity index (χ2n) is 7.75. The van der Waals surface area contributed by atoms with Gasteiger partial charge in [0.15, 0.2) is 11.6 Å². The monoisotopic (exact) mass is 405 g/mol. The number of aryl methyl sites for hydroxylation is 2. The maximum Gasteiger partial charge on any atom is 0.167 e. The molecule has 0 spiro atoms. The number of rotatable bonds is 10. The topological polar surface area (TPSA) is 68.1 Å². The highest BCUT2D eigenvalue weighted by Crippen LogP contribution is 2.31. The Bertz CT molecular complexity index is 972. The lowest BCUT2D eigenvalue weighted by Crippen LogP contribution is -1.99. The summed E-state index contributed by atoms with van der Waals surface area (Å²) in [5.74, 6) is 1.81. The molecule has 0 saturated heterocycles. The van der Waals surface area contributed by atoms with Gasteiger partial charge in [-0.3, -0.25) is 0 Å². The van der Waals surface area contributed by atoms with Crippen LogP contribution in [0.4, 0.5) is 0 Å². The maximum absolute atomic E-state index is 10.5. The zero-order chi connectivity index (χ0) is 21.3. The summed E-state index contributed by atoms with van der Waals surface area (Å²) in [6.45, 7) is 6.98. The van der Waals surface area contributed by atoms with Gasteiger partial charge in [0.05, 0.1) is 12.2 Å². The number of aromatic hydroxyl groups is 1. The van der Waals surface area contributed by atoms with Crippen molar-refractivity contribution in [1.82, 2.24) is 15.0 Å². The minimum atomic E-state index is 0.105. The number of hydrogen-bond acceptors (Lipinski definition) is 5. The first-order valence-corrected chi connectivity index (χ1v) is 10.8. The van der Waals surface area contributed by atoms with Crippen LogP contribution in [-0.2, 0) is 0 Å². The van der Waals surface area contributed by atoms with Gasteiger partial charge in [-0.1, -0.05) is 62.8 Å². The Kier molecular flexibility index (Phi) is 7.77. The molecule has 0 unspecified atom stereocenters. The van der Waals surface area contributed by atoms with Gasteiger partial charge in [-0.05, 0) is 38.0 Å². The number of hydrogen-bond donors (Lipinski definition) is 1. The molecule has 0 aliphatic rings. The average Bonchev–Trinajstić information content (AvgIpc) is 2.73. The summed E-state index contributed by atoms with van der Waals surface area (Å²) in [5.41, 5.74) is 3.83. The summed E-state index contributed by atoms with van der Waals surface area (Å²) < 4.78 is 5.79. The first-order valence-electron chi connectivity index (χ1n) is 10.8. The van der Waals surface area contributed by atoms with Crippen molar-refractivity contribution in [3.63, 3.8) is 0 Å². The SMILES string of the molecule is CCCCCCCCOc1ccc(-c2ncnc(-c3ccc(C)cc3C)n2)c(O)c1. The van der Waals surface area contributed by atoms with Crippen molar-refractivity contribution < 1.29 is 9.84 Å². The number of ether oxygens (including phenoxy) is 1. The van der Waals surface area contributed by atoms with Gasteiger partial charge in [-0.2, -0.15) is 0 Å². The lowest BCUT2D eigenvalue weighted by Gasteiger charge is -2.10.